The average Bonchev–Trinajstić information content (AvgIpc) is 2.91. The molecule has 12 nitrogen and oxygen atoms in total. The Morgan fingerprint density at radius 2 is 1.26 bits per heavy atom. The molecule has 0 radical (unpaired) electrons. The van der Waals surface area contributed by atoms with Gasteiger partial charge in [0.15, 0.2) is 0 Å². The van der Waals surface area contributed by atoms with E-state index < -0.39 is 60.2 Å². The molecule has 39 heavy (non-hydrogen) atoms. The molecule has 0 aromatic heterocycles. The van der Waals surface area contributed by atoms with Crippen LogP contribution in [0.25, 0.3) is 0 Å². The molecule has 2 rings (SSSR count). The van der Waals surface area contributed by atoms with E-state index in [0.29, 0.717) is 11.1 Å². The number of nitrogens with two attached hydrogens (primary N) is 1. The SMILES string of the molecule is NC(CS)C(=O)NC(CCC(=O)O)C(=O)NC(Cc1ccccc1)C(=O)NC(Cc1ccc(O)cc1)C(=O)O. The summed E-state index contributed by atoms with van der Waals surface area (Å²) in [6, 6.07) is 9.48. The van der Waals surface area contributed by atoms with Crippen LogP contribution in [-0.2, 0) is 36.8 Å². The van der Waals surface area contributed by atoms with Gasteiger partial charge < -0.3 is 37.0 Å². The van der Waals surface area contributed by atoms with Crippen LogP contribution in [0.2, 0.25) is 0 Å². The Labute approximate surface area is 230 Å². The first-order chi connectivity index (χ1) is 18.5. The molecule has 0 heterocycles. The number of carboxylic acids is 2. The molecule has 3 amide bonds. The number of carbonyl (C=O) groups excluding carboxylic acids is 3. The van der Waals surface area contributed by atoms with E-state index >= 15 is 0 Å². The maximum atomic E-state index is 13.3. The van der Waals surface area contributed by atoms with E-state index in [0.717, 1.165) is 0 Å². The molecule has 13 heteroatoms. The van der Waals surface area contributed by atoms with Crippen LogP contribution in [0.3, 0.4) is 0 Å². The third kappa shape index (κ3) is 10.7. The minimum atomic E-state index is -1.35. The van der Waals surface area contributed by atoms with Gasteiger partial charge in [0.05, 0.1) is 6.04 Å². The first-order valence-corrected chi connectivity index (χ1v) is 12.7. The third-order valence-electron chi connectivity index (χ3n) is 5.72. The van der Waals surface area contributed by atoms with Crippen molar-refractivity contribution in [3.63, 3.8) is 0 Å². The van der Waals surface area contributed by atoms with Crippen molar-refractivity contribution in [1.29, 1.82) is 0 Å². The first kappa shape index (κ1) is 31.1. The van der Waals surface area contributed by atoms with Crippen molar-refractivity contribution in [3.05, 3.63) is 65.7 Å². The van der Waals surface area contributed by atoms with E-state index in [9.17, 15) is 34.2 Å². The molecule has 4 atom stereocenters. The third-order valence-corrected chi connectivity index (χ3v) is 6.11. The zero-order valence-electron chi connectivity index (χ0n) is 20.9. The maximum absolute atomic E-state index is 13.3. The Bertz CT molecular complexity index is 1150. The smallest absolute Gasteiger partial charge is 0.326 e. The number of amides is 3. The number of aromatic hydroxyl groups is 1. The molecule has 2 aromatic carbocycles. The highest BCUT2D eigenvalue weighted by Gasteiger charge is 2.30. The second-order valence-corrected chi connectivity index (χ2v) is 9.17. The zero-order chi connectivity index (χ0) is 28.9. The quantitative estimate of drug-likeness (QED) is 0.136. The number of rotatable bonds is 15. The maximum Gasteiger partial charge on any atom is 0.326 e. The fraction of sp³-hybridized carbons (Fsp3) is 0.346. The summed E-state index contributed by atoms with van der Waals surface area (Å²) < 4.78 is 0. The number of hydrogen-bond donors (Lipinski definition) is 8. The van der Waals surface area contributed by atoms with Crippen molar-refractivity contribution in [2.75, 3.05) is 5.75 Å². The van der Waals surface area contributed by atoms with E-state index in [4.69, 9.17) is 10.8 Å². The van der Waals surface area contributed by atoms with Crippen molar-refractivity contribution >= 4 is 42.3 Å². The monoisotopic (exact) mass is 560 g/mol. The summed E-state index contributed by atoms with van der Waals surface area (Å²) in [5, 5.41) is 35.6. The van der Waals surface area contributed by atoms with Crippen molar-refractivity contribution < 1.29 is 39.3 Å². The summed E-state index contributed by atoms with van der Waals surface area (Å²) in [6.07, 6.45) is -0.825. The topological polar surface area (TPSA) is 208 Å². The first-order valence-electron chi connectivity index (χ1n) is 12.0. The van der Waals surface area contributed by atoms with Gasteiger partial charge in [-0.15, -0.1) is 0 Å². The van der Waals surface area contributed by atoms with E-state index in [-0.39, 0.29) is 30.8 Å². The van der Waals surface area contributed by atoms with Gasteiger partial charge in [0, 0.05) is 25.0 Å². The summed E-state index contributed by atoms with van der Waals surface area (Å²) in [5.41, 5.74) is 6.86. The van der Waals surface area contributed by atoms with Crippen LogP contribution in [0.4, 0.5) is 0 Å². The summed E-state index contributed by atoms with van der Waals surface area (Å²) in [4.78, 5) is 61.7. The lowest BCUT2D eigenvalue weighted by Crippen LogP contribution is -2.58. The molecule has 0 aliphatic heterocycles. The van der Waals surface area contributed by atoms with Gasteiger partial charge in [-0.05, 0) is 29.7 Å². The number of aliphatic carboxylic acids is 2. The molecule has 4 unspecified atom stereocenters. The van der Waals surface area contributed by atoms with Gasteiger partial charge >= 0.3 is 11.9 Å². The van der Waals surface area contributed by atoms with Gasteiger partial charge in [0.2, 0.25) is 17.7 Å². The molecule has 0 saturated heterocycles. The summed E-state index contributed by atoms with van der Waals surface area (Å²) in [7, 11) is 0. The minimum Gasteiger partial charge on any atom is -0.508 e. The Kier molecular flexibility index (Phi) is 12.2. The lowest BCUT2D eigenvalue weighted by atomic mass is 10.0. The second kappa shape index (κ2) is 15.3. The molecule has 8 N–H and O–H groups in total. The van der Waals surface area contributed by atoms with Crippen LogP contribution in [-0.4, -0.2) is 74.9 Å². The summed E-state index contributed by atoms with van der Waals surface area (Å²) in [6.45, 7) is 0. The fourth-order valence-corrected chi connectivity index (χ4v) is 3.74. The van der Waals surface area contributed by atoms with Crippen LogP contribution in [0.5, 0.6) is 5.75 Å². The van der Waals surface area contributed by atoms with Crippen LogP contribution in [0, 0.1) is 0 Å². The molecule has 0 saturated carbocycles. The van der Waals surface area contributed by atoms with E-state index in [1.165, 1.54) is 24.3 Å². The molecule has 0 spiro atoms. The van der Waals surface area contributed by atoms with Crippen LogP contribution in [0.15, 0.2) is 54.6 Å². The number of thiol groups is 1. The van der Waals surface area contributed by atoms with Gasteiger partial charge in [-0.25, -0.2) is 4.79 Å². The molecular weight excluding hydrogens is 528 g/mol. The van der Waals surface area contributed by atoms with Crippen LogP contribution >= 0.6 is 12.6 Å². The lowest BCUT2D eigenvalue weighted by molar-refractivity contribution is -0.142. The predicted molar refractivity (Wildman–Crippen MR) is 144 cm³/mol. The molecule has 210 valence electrons. The van der Waals surface area contributed by atoms with E-state index in [1.54, 1.807) is 30.3 Å². The normalized spacial score (nSPS) is 13.8. The van der Waals surface area contributed by atoms with E-state index in [1.807, 2.05) is 0 Å². The Hall–Kier alpha value is -4.10. The highest BCUT2D eigenvalue weighted by molar-refractivity contribution is 7.80. The Balaban J connectivity index is 2.26. The van der Waals surface area contributed by atoms with E-state index in [2.05, 4.69) is 28.6 Å². The number of carboxylic acid groups (broad SMARTS) is 2. The zero-order valence-corrected chi connectivity index (χ0v) is 21.8. The highest BCUT2D eigenvalue weighted by Crippen LogP contribution is 2.12. The van der Waals surface area contributed by atoms with Gasteiger partial charge in [-0.3, -0.25) is 19.2 Å². The van der Waals surface area contributed by atoms with Gasteiger partial charge in [-0.1, -0.05) is 42.5 Å². The van der Waals surface area contributed by atoms with Crippen LogP contribution < -0.4 is 21.7 Å². The van der Waals surface area contributed by atoms with Gasteiger partial charge in [-0.2, -0.15) is 12.6 Å². The lowest BCUT2D eigenvalue weighted by Gasteiger charge is -2.25. The average molecular weight is 561 g/mol. The Morgan fingerprint density at radius 1 is 0.744 bits per heavy atom. The second-order valence-electron chi connectivity index (χ2n) is 8.80. The van der Waals surface area contributed by atoms with Crippen molar-refractivity contribution in [2.45, 2.75) is 49.9 Å². The number of carbonyl (C=O) groups is 5. The molecule has 0 aliphatic carbocycles. The molecule has 2 aromatic rings. The van der Waals surface area contributed by atoms with Crippen molar-refractivity contribution in [1.82, 2.24) is 16.0 Å². The molecule has 0 fully saturated rings. The number of phenols is 1. The molecular formula is C26H32N4O8S. The fourth-order valence-electron chi connectivity index (χ4n) is 3.57. The summed E-state index contributed by atoms with van der Waals surface area (Å²) >= 11 is 3.95. The van der Waals surface area contributed by atoms with Gasteiger partial charge in [0.1, 0.15) is 23.9 Å². The Morgan fingerprint density at radius 3 is 1.82 bits per heavy atom. The molecule has 0 aliphatic rings. The van der Waals surface area contributed by atoms with Crippen LogP contribution in [0.1, 0.15) is 24.0 Å². The van der Waals surface area contributed by atoms with Crippen molar-refractivity contribution in [3.8, 4) is 5.75 Å². The summed E-state index contributed by atoms with van der Waals surface area (Å²) in [5.74, 6) is -4.88. The minimum absolute atomic E-state index is 0.000155. The highest BCUT2D eigenvalue weighted by atomic mass is 32.1. The molecule has 0 bridgehead atoms. The number of benzene rings is 2. The van der Waals surface area contributed by atoms with Gasteiger partial charge in [0.25, 0.3) is 0 Å². The number of phenolic OH excluding ortho intramolecular Hbond substituents is 1. The largest absolute Gasteiger partial charge is 0.508 e. The standard InChI is InChI=1S/C26H32N4O8S/c27-18(14-39)23(34)28-19(10-11-22(32)33)24(35)29-20(12-15-4-2-1-3-5-15)25(36)30-21(26(37)38)13-16-6-8-17(31)9-7-16/h1-9,18-21,31,39H,10-14,27H2,(H,28,34)(H,29,35)(H,30,36)(H,32,33)(H,37,38). The number of hydrogen-bond acceptors (Lipinski definition) is 8. The van der Waals surface area contributed by atoms with Crippen molar-refractivity contribution in [2.24, 2.45) is 5.73 Å². The predicted octanol–water partition coefficient (Wildman–Crippen LogP) is -0.162. The number of nitrogens with one attached hydrogen (secondary N) is 3.